The van der Waals surface area contributed by atoms with Crippen molar-refractivity contribution in [1.29, 1.82) is 0 Å². The van der Waals surface area contributed by atoms with E-state index in [0.717, 1.165) is 82.2 Å². The maximum atomic E-state index is 13.4. The van der Waals surface area contributed by atoms with Gasteiger partial charge in [-0.3, -0.25) is 0 Å². The van der Waals surface area contributed by atoms with Crippen LogP contribution in [-0.4, -0.2) is 55.7 Å². The summed E-state index contributed by atoms with van der Waals surface area (Å²) in [6.45, 7) is 11.4. The zero-order chi connectivity index (χ0) is 22.0. The molecule has 0 heterocycles. The Hall–Kier alpha value is 0.970. The molecular weight excluding hydrogens is 409 g/mol. The van der Waals surface area contributed by atoms with E-state index in [9.17, 15) is 9.46 Å². The zero-order valence-corrected chi connectivity index (χ0v) is 22.9. The monoisotopic (exact) mass is 460 g/mol. The first kappa shape index (κ1) is 29.0. The number of hydrogen-bond donors (Lipinski definition) is 1. The van der Waals surface area contributed by atoms with Crippen LogP contribution in [0, 0.1) is 0 Å². The molecule has 1 N–H and O–H groups in total. The quantitative estimate of drug-likeness (QED) is 0.222. The number of rotatable bonds is 17. The molecule has 0 saturated carbocycles. The van der Waals surface area contributed by atoms with Gasteiger partial charge in [0, 0.05) is 0 Å². The summed E-state index contributed by atoms with van der Waals surface area (Å²) in [5.41, 5.74) is 0. The third kappa shape index (κ3) is 9.85. The van der Waals surface area contributed by atoms with E-state index in [0.29, 0.717) is 0 Å². The molecular formula is C21H51O4P3. The summed E-state index contributed by atoms with van der Waals surface area (Å²) in [5, 5.41) is 0. The molecule has 0 aliphatic carbocycles. The van der Waals surface area contributed by atoms with Gasteiger partial charge < -0.3 is 0 Å². The Morgan fingerprint density at radius 2 is 1.00 bits per heavy atom. The van der Waals surface area contributed by atoms with Crippen molar-refractivity contribution in [1.82, 2.24) is 0 Å². The van der Waals surface area contributed by atoms with Crippen molar-refractivity contribution in [3.05, 3.63) is 0 Å². The van der Waals surface area contributed by atoms with Gasteiger partial charge in [-0.05, 0) is 0 Å². The Labute approximate surface area is 176 Å². The third-order valence-corrected chi connectivity index (χ3v) is 20.0. The Kier molecular flexibility index (Phi) is 11.9. The van der Waals surface area contributed by atoms with Gasteiger partial charge in [0.1, 0.15) is 0 Å². The average Bonchev–Trinajstić information content (AvgIpc) is 2.60. The van der Waals surface area contributed by atoms with E-state index in [1.54, 1.807) is 0 Å². The van der Waals surface area contributed by atoms with Crippen LogP contribution in [-0.2, 0) is 13.2 Å². The SMILES string of the molecule is CCCCP(CCCC)(CCCC)(CCCC)OP(=O)(O)OP(C)(C)(C)CC. The van der Waals surface area contributed by atoms with Gasteiger partial charge in [0.25, 0.3) is 0 Å². The van der Waals surface area contributed by atoms with Crippen LogP contribution >= 0.6 is 21.5 Å². The summed E-state index contributed by atoms with van der Waals surface area (Å²) in [6, 6.07) is 0. The molecule has 0 saturated heterocycles. The van der Waals surface area contributed by atoms with Crippen LogP contribution in [0.25, 0.3) is 0 Å². The van der Waals surface area contributed by atoms with Crippen molar-refractivity contribution in [2.24, 2.45) is 0 Å². The summed E-state index contributed by atoms with van der Waals surface area (Å²) in [6.07, 6.45) is 13.3. The minimum absolute atomic E-state index is 0.767. The van der Waals surface area contributed by atoms with Crippen LogP contribution < -0.4 is 0 Å². The molecule has 0 aliphatic rings. The standard InChI is InChI=1S/C21H51O4P3/c1-9-14-18-28(19-15-10-2,20-16-11-3,21-17-12-4)25-26(22,23)24-27(6,7,8)13-5/h9-21H2,1-8H3,(H,22,23). The van der Waals surface area contributed by atoms with E-state index in [4.69, 9.17) is 8.62 Å². The number of hydrogen-bond acceptors (Lipinski definition) is 3. The fraction of sp³-hybridized carbons (Fsp3) is 1.00. The van der Waals surface area contributed by atoms with Gasteiger partial charge >= 0.3 is 176 Å². The topological polar surface area (TPSA) is 55.8 Å². The van der Waals surface area contributed by atoms with Crippen molar-refractivity contribution in [3.63, 3.8) is 0 Å². The van der Waals surface area contributed by atoms with Crippen molar-refractivity contribution < 1.29 is 18.1 Å². The van der Waals surface area contributed by atoms with E-state index in [-0.39, 0.29) is 0 Å². The molecule has 0 amide bonds. The predicted octanol–water partition coefficient (Wildman–Crippen LogP) is 8.17. The van der Waals surface area contributed by atoms with Crippen molar-refractivity contribution >= 4 is 21.5 Å². The minimum atomic E-state index is -4.13. The molecule has 1 atom stereocenters. The molecule has 0 bridgehead atoms. The average molecular weight is 461 g/mol. The van der Waals surface area contributed by atoms with Crippen LogP contribution in [0.15, 0.2) is 0 Å². The summed E-state index contributed by atoms with van der Waals surface area (Å²) in [5.74, 6) is 0. The summed E-state index contributed by atoms with van der Waals surface area (Å²) in [7, 11) is -4.13. The van der Waals surface area contributed by atoms with Gasteiger partial charge in [0.2, 0.25) is 0 Å². The van der Waals surface area contributed by atoms with Crippen LogP contribution in [0.3, 0.4) is 0 Å². The maximum absolute atomic E-state index is 13.4. The molecule has 174 valence electrons. The van der Waals surface area contributed by atoms with Gasteiger partial charge in [-0.25, -0.2) is 0 Å². The molecule has 0 spiro atoms. The Morgan fingerprint density at radius 1 is 0.679 bits per heavy atom. The second kappa shape index (κ2) is 11.5. The van der Waals surface area contributed by atoms with Crippen LogP contribution in [0.4, 0.5) is 0 Å². The Morgan fingerprint density at radius 3 is 1.25 bits per heavy atom. The molecule has 0 aromatic carbocycles. The normalized spacial score (nSPS) is 18.0. The van der Waals surface area contributed by atoms with E-state index in [2.05, 4.69) is 27.7 Å². The number of unbranched alkanes of at least 4 members (excludes halogenated alkanes) is 4. The Balaban J connectivity index is 6.20. The summed E-state index contributed by atoms with van der Waals surface area (Å²) >= 11 is 0. The first-order valence-electron chi connectivity index (χ1n) is 11.6. The zero-order valence-electron chi connectivity index (χ0n) is 20.2. The second-order valence-electron chi connectivity index (χ2n) is 10.1. The van der Waals surface area contributed by atoms with Crippen molar-refractivity contribution in [3.8, 4) is 0 Å². The first-order chi connectivity index (χ1) is 12.8. The molecule has 0 aromatic heterocycles. The van der Waals surface area contributed by atoms with Gasteiger partial charge in [0.05, 0.1) is 0 Å². The first-order valence-corrected chi connectivity index (χ1v) is 19.6. The summed E-state index contributed by atoms with van der Waals surface area (Å²) < 4.78 is 26.0. The third-order valence-electron chi connectivity index (χ3n) is 6.13. The molecule has 0 aromatic rings. The molecule has 0 fully saturated rings. The van der Waals surface area contributed by atoms with Gasteiger partial charge in [-0.15, -0.1) is 0 Å². The van der Waals surface area contributed by atoms with E-state index in [1.165, 1.54) is 0 Å². The van der Waals surface area contributed by atoms with Crippen molar-refractivity contribution in [2.75, 3.05) is 50.8 Å². The van der Waals surface area contributed by atoms with Gasteiger partial charge in [-0.2, -0.15) is 0 Å². The van der Waals surface area contributed by atoms with E-state index >= 15 is 0 Å². The Bertz CT molecular complexity index is 456. The van der Waals surface area contributed by atoms with E-state index in [1.807, 2.05) is 26.9 Å². The molecule has 4 nitrogen and oxygen atoms in total. The molecule has 1 unspecified atom stereocenters. The summed E-state index contributed by atoms with van der Waals surface area (Å²) in [4.78, 5) is 11.0. The fourth-order valence-electron chi connectivity index (χ4n) is 3.81. The molecule has 0 radical (unpaired) electrons. The predicted molar refractivity (Wildman–Crippen MR) is 133 cm³/mol. The molecule has 0 aliphatic heterocycles. The van der Waals surface area contributed by atoms with Crippen LogP contribution in [0.1, 0.15) is 86.0 Å². The molecule has 7 heteroatoms. The van der Waals surface area contributed by atoms with Gasteiger partial charge in [-0.1, -0.05) is 0 Å². The molecule has 0 rings (SSSR count). The van der Waals surface area contributed by atoms with E-state index < -0.39 is 21.5 Å². The second-order valence-corrected chi connectivity index (χ2v) is 24.4. The van der Waals surface area contributed by atoms with Gasteiger partial charge in [0.15, 0.2) is 0 Å². The van der Waals surface area contributed by atoms with Crippen molar-refractivity contribution in [2.45, 2.75) is 86.0 Å². The molecule has 28 heavy (non-hydrogen) atoms. The van der Waals surface area contributed by atoms with Crippen LogP contribution in [0.2, 0.25) is 0 Å². The fourth-order valence-corrected chi connectivity index (χ4v) is 17.2. The van der Waals surface area contributed by atoms with Crippen LogP contribution in [0.5, 0.6) is 0 Å². The number of phosphoric acid groups is 1.